The number of aryl methyl sites for hydroxylation is 1. The maximum Gasteiger partial charge on any atom is 0.511 e. The van der Waals surface area contributed by atoms with E-state index in [0.717, 1.165) is 6.92 Å². The molecule has 2 rings (SSSR count). The van der Waals surface area contributed by atoms with Crippen LogP contribution >= 0.6 is 10.2 Å². The zero-order chi connectivity index (χ0) is 31.5. The second-order valence-electron chi connectivity index (χ2n) is 8.51. The smallest absolute Gasteiger partial charge is 0.475 e. The van der Waals surface area contributed by atoms with E-state index in [1.807, 2.05) is 0 Å². The molecule has 1 aliphatic rings. The number of halogens is 8. The Kier molecular flexibility index (Phi) is 9.34. The fraction of sp³-hybridized carbons (Fsp3) is 0.524. The molecule has 0 N–H and O–H groups in total. The zero-order valence-electron chi connectivity index (χ0n) is 21.4. The SMILES string of the molecule is CCc1cc(S(F)(F)(F)(F)F)cc2c1O[C@H](C(F)(F)F)C(C(=O)OC(C)OC(=O)OCCN(C)CCO[N+](=O)[O-])=C2. The number of carbonyl (C=O) groups is 2. The van der Waals surface area contributed by atoms with E-state index < -0.39 is 79.8 Å². The monoisotopic (exact) mass is 632 g/mol. The molecule has 0 radical (unpaired) electrons. The molecule has 0 spiro atoms. The molecule has 1 unspecified atom stereocenters. The minimum Gasteiger partial charge on any atom is -0.475 e. The predicted octanol–water partition coefficient (Wildman–Crippen LogP) is 5.80. The van der Waals surface area contributed by atoms with Gasteiger partial charge in [-0.15, -0.1) is 10.1 Å². The van der Waals surface area contributed by atoms with Gasteiger partial charge in [0.05, 0.1) is 5.57 Å². The third-order valence-electron chi connectivity index (χ3n) is 5.25. The van der Waals surface area contributed by atoms with Crippen LogP contribution in [0.5, 0.6) is 5.75 Å². The van der Waals surface area contributed by atoms with E-state index >= 15 is 0 Å². The number of alkyl halides is 3. The number of benzene rings is 1. The van der Waals surface area contributed by atoms with Gasteiger partial charge in [-0.3, -0.25) is 0 Å². The highest BCUT2D eigenvalue weighted by atomic mass is 32.5. The van der Waals surface area contributed by atoms with E-state index in [4.69, 9.17) is 4.74 Å². The fourth-order valence-electron chi connectivity index (χ4n) is 3.33. The molecular weight excluding hydrogens is 608 g/mol. The van der Waals surface area contributed by atoms with Crippen molar-refractivity contribution in [2.75, 3.05) is 33.4 Å². The van der Waals surface area contributed by atoms with Crippen molar-refractivity contribution in [3.8, 4) is 5.75 Å². The van der Waals surface area contributed by atoms with E-state index in [0.29, 0.717) is 0 Å². The molecule has 0 amide bonds. The van der Waals surface area contributed by atoms with Gasteiger partial charge in [-0.25, -0.2) is 9.59 Å². The molecule has 41 heavy (non-hydrogen) atoms. The van der Waals surface area contributed by atoms with Gasteiger partial charge >= 0.3 is 28.5 Å². The second kappa shape index (κ2) is 11.4. The maximum atomic E-state index is 13.7. The van der Waals surface area contributed by atoms with E-state index in [1.165, 1.54) is 18.9 Å². The van der Waals surface area contributed by atoms with E-state index in [9.17, 15) is 52.3 Å². The quantitative estimate of drug-likeness (QED) is 0.0918. The predicted molar refractivity (Wildman–Crippen MR) is 124 cm³/mol. The summed E-state index contributed by atoms with van der Waals surface area (Å²) in [5, 5.41) is 9.09. The third kappa shape index (κ3) is 9.80. The maximum absolute atomic E-state index is 13.7. The van der Waals surface area contributed by atoms with Crippen molar-refractivity contribution in [1.82, 2.24) is 4.90 Å². The van der Waals surface area contributed by atoms with E-state index in [1.54, 1.807) is 0 Å². The van der Waals surface area contributed by atoms with Crippen molar-refractivity contribution in [1.29, 1.82) is 0 Å². The molecule has 0 saturated heterocycles. The Labute approximate surface area is 226 Å². The summed E-state index contributed by atoms with van der Waals surface area (Å²) in [6, 6.07) is -0.140. The summed E-state index contributed by atoms with van der Waals surface area (Å²) in [6.07, 6.45) is -11.8. The van der Waals surface area contributed by atoms with Gasteiger partial charge in [0, 0.05) is 25.6 Å². The van der Waals surface area contributed by atoms with Gasteiger partial charge in [0.25, 0.3) is 5.09 Å². The number of likely N-dealkylation sites (N-methyl/N-ethyl adjacent to an activating group) is 1. The lowest BCUT2D eigenvalue weighted by molar-refractivity contribution is -0.757. The summed E-state index contributed by atoms with van der Waals surface area (Å²) in [6.45, 7) is 1.63. The Hall–Kier alpha value is -3.55. The Morgan fingerprint density at radius 3 is 2.27 bits per heavy atom. The van der Waals surface area contributed by atoms with Crippen LogP contribution in [0.1, 0.15) is 25.0 Å². The van der Waals surface area contributed by atoms with Crippen molar-refractivity contribution in [2.24, 2.45) is 0 Å². The number of fused-ring (bicyclic) bond motifs is 1. The molecule has 2 atom stereocenters. The first-order chi connectivity index (χ1) is 18.5. The van der Waals surface area contributed by atoms with Crippen LogP contribution in [-0.4, -0.2) is 74.0 Å². The van der Waals surface area contributed by atoms with Crippen LogP contribution in [0.3, 0.4) is 0 Å². The molecule has 0 bridgehead atoms. The molecule has 11 nitrogen and oxygen atoms in total. The summed E-state index contributed by atoms with van der Waals surface area (Å²) in [7, 11) is -8.77. The molecule has 1 heterocycles. The van der Waals surface area contributed by atoms with Gasteiger partial charge in [0.15, 0.2) is 0 Å². The lowest BCUT2D eigenvalue weighted by Gasteiger charge is -2.41. The largest absolute Gasteiger partial charge is 0.511 e. The highest BCUT2D eigenvalue weighted by Gasteiger charge is 2.66. The first-order valence-corrected chi connectivity index (χ1v) is 13.3. The Morgan fingerprint density at radius 2 is 1.73 bits per heavy atom. The number of ether oxygens (including phenoxy) is 4. The van der Waals surface area contributed by atoms with Crippen LogP contribution in [0.15, 0.2) is 22.6 Å². The summed E-state index contributed by atoms with van der Waals surface area (Å²) in [4.78, 5) is 37.6. The van der Waals surface area contributed by atoms with Crippen molar-refractivity contribution in [3.05, 3.63) is 38.9 Å². The summed E-state index contributed by atoms with van der Waals surface area (Å²) < 4.78 is 127. The van der Waals surface area contributed by atoms with Gasteiger partial charge < -0.3 is 28.7 Å². The van der Waals surface area contributed by atoms with Gasteiger partial charge in [-0.2, -0.15) is 13.2 Å². The highest BCUT2D eigenvalue weighted by Crippen LogP contribution is 3.02. The summed E-state index contributed by atoms with van der Waals surface area (Å²) >= 11 is 0. The van der Waals surface area contributed by atoms with Crippen LogP contribution in [0.25, 0.3) is 6.08 Å². The van der Waals surface area contributed by atoms with Crippen molar-refractivity contribution in [3.63, 3.8) is 0 Å². The Balaban J connectivity index is 2.17. The van der Waals surface area contributed by atoms with Crippen molar-refractivity contribution >= 4 is 28.4 Å². The average molecular weight is 632 g/mol. The molecule has 0 aromatic heterocycles. The van der Waals surface area contributed by atoms with Gasteiger partial charge in [0.2, 0.25) is 12.4 Å². The van der Waals surface area contributed by atoms with Gasteiger partial charge in [-0.1, -0.05) is 26.4 Å². The third-order valence-corrected chi connectivity index (χ3v) is 6.38. The molecule has 0 aliphatic carbocycles. The molecule has 0 saturated carbocycles. The normalized spacial score (nSPS) is 17.7. The topological polar surface area (TPSA) is 127 Å². The molecule has 0 fully saturated rings. The molecule has 1 aromatic rings. The lowest BCUT2D eigenvalue weighted by Crippen LogP contribution is -2.41. The number of rotatable bonds is 12. The van der Waals surface area contributed by atoms with Crippen LogP contribution in [-0.2, 0) is 30.3 Å². The van der Waals surface area contributed by atoms with E-state index in [-0.39, 0.29) is 44.5 Å². The minimum absolute atomic E-state index is 0.00927. The second-order valence-corrected chi connectivity index (χ2v) is 10.9. The van der Waals surface area contributed by atoms with Gasteiger partial charge in [0.1, 0.15) is 23.9 Å². The number of hydrogen-bond acceptors (Lipinski definition) is 10. The molecule has 20 heteroatoms. The zero-order valence-corrected chi connectivity index (χ0v) is 22.2. The number of hydrogen-bond donors (Lipinski definition) is 0. The van der Waals surface area contributed by atoms with Crippen LogP contribution in [0.2, 0.25) is 0 Å². The molecule has 1 aromatic carbocycles. The highest BCUT2D eigenvalue weighted by molar-refractivity contribution is 8.45. The number of esters is 1. The molecule has 1 aliphatic heterocycles. The van der Waals surface area contributed by atoms with Crippen LogP contribution in [0.4, 0.5) is 37.4 Å². The molecular formula is C21H24F8N2O9S. The minimum atomic E-state index is -10.3. The van der Waals surface area contributed by atoms with Crippen LogP contribution < -0.4 is 4.74 Å². The average Bonchev–Trinajstić information content (AvgIpc) is 2.79. The lowest BCUT2D eigenvalue weighted by atomic mass is 9.98. The summed E-state index contributed by atoms with van der Waals surface area (Å²) in [5.41, 5.74) is -2.88. The van der Waals surface area contributed by atoms with Crippen molar-refractivity contribution < 1.29 is 71.1 Å². The Bertz CT molecular complexity index is 1210. The fourth-order valence-corrected chi connectivity index (χ4v) is 4.05. The first-order valence-electron chi connectivity index (χ1n) is 11.4. The molecule has 234 valence electrons. The Morgan fingerprint density at radius 1 is 1.12 bits per heavy atom. The number of nitrogens with zero attached hydrogens (tertiary/aromatic N) is 2. The van der Waals surface area contributed by atoms with Crippen molar-refractivity contribution in [2.45, 2.75) is 43.7 Å². The van der Waals surface area contributed by atoms with Gasteiger partial charge in [-0.05, 0) is 37.2 Å². The standard InChI is InChI=1S/C21H24F8N2O9S/c1-4-13-9-15(41(25,26,27,28)29)10-14-11-16(18(21(22,23)24)40-17(13)14)19(32)38-12(2)39-20(33)36-7-5-30(3)6-8-37-31(34)35/h9-12,18H,4-8H2,1-3H3/t12?,18-/m0/s1. The summed E-state index contributed by atoms with van der Waals surface area (Å²) in [5.74, 6) is -2.61. The number of carbonyl (C=O) groups excluding carboxylic acids is 2. The first kappa shape index (κ1) is 33.7. The van der Waals surface area contributed by atoms with Crippen LogP contribution in [0, 0.1) is 10.1 Å². The van der Waals surface area contributed by atoms with E-state index in [2.05, 4.69) is 19.0 Å².